The molecule has 66 valence electrons. The minimum absolute atomic E-state index is 0.259. The average molecular weight is 163 g/mol. The van der Waals surface area contributed by atoms with Crippen molar-refractivity contribution in [2.24, 2.45) is 5.92 Å². The minimum atomic E-state index is -1.93. The Morgan fingerprint density at radius 2 is 2.09 bits per heavy atom. The molecule has 2 atom stereocenters. The standard InChI is InChI=1S/C6H13NO4/c1-4-2-3-7(11)6(4,10)5(8)9/h4-5,8-11H,2-3H2,1H3. The SMILES string of the molecule is CC1CCN(O)C1(O)C(O)O. The molecule has 5 heteroatoms. The average Bonchev–Trinajstić information content (AvgIpc) is 2.18. The molecule has 5 nitrogen and oxygen atoms in total. The van der Waals surface area contributed by atoms with Gasteiger partial charge in [0.05, 0.1) is 0 Å². The molecule has 1 fully saturated rings. The van der Waals surface area contributed by atoms with Gasteiger partial charge in [0.2, 0.25) is 0 Å². The third kappa shape index (κ3) is 1.15. The second-order valence-corrected chi connectivity index (χ2v) is 2.97. The molecule has 0 radical (unpaired) electrons. The molecule has 0 amide bonds. The highest BCUT2D eigenvalue weighted by Crippen LogP contribution is 2.32. The number of aliphatic hydroxyl groups excluding tert-OH is 1. The molecule has 1 heterocycles. The van der Waals surface area contributed by atoms with Gasteiger partial charge in [-0.25, -0.2) is 0 Å². The van der Waals surface area contributed by atoms with Crippen molar-refractivity contribution in [3.05, 3.63) is 0 Å². The predicted molar refractivity (Wildman–Crippen MR) is 35.4 cm³/mol. The van der Waals surface area contributed by atoms with E-state index in [2.05, 4.69) is 0 Å². The highest BCUT2D eigenvalue weighted by Gasteiger charge is 2.50. The van der Waals surface area contributed by atoms with Gasteiger partial charge in [0, 0.05) is 12.5 Å². The zero-order chi connectivity index (χ0) is 8.65. The third-order valence-corrected chi connectivity index (χ3v) is 2.29. The van der Waals surface area contributed by atoms with Crippen molar-refractivity contribution in [2.45, 2.75) is 25.4 Å². The van der Waals surface area contributed by atoms with Crippen LogP contribution >= 0.6 is 0 Å². The minimum Gasteiger partial charge on any atom is -0.369 e. The summed E-state index contributed by atoms with van der Waals surface area (Å²) in [7, 11) is 0. The zero-order valence-corrected chi connectivity index (χ0v) is 6.30. The second kappa shape index (κ2) is 2.69. The maximum atomic E-state index is 9.48. The summed E-state index contributed by atoms with van der Waals surface area (Å²) in [6.07, 6.45) is -1.38. The Morgan fingerprint density at radius 3 is 2.27 bits per heavy atom. The van der Waals surface area contributed by atoms with E-state index in [9.17, 15) is 5.11 Å². The molecule has 0 aromatic rings. The van der Waals surface area contributed by atoms with E-state index in [4.69, 9.17) is 15.4 Å². The van der Waals surface area contributed by atoms with E-state index >= 15 is 0 Å². The number of nitrogens with zero attached hydrogens (tertiary/aromatic N) is 1. The monoisotopic (exact) mass is 163 g/mol. The lowest BCUT2D eigenvalue weighted by atomic mass is 9.99. The van der Waals surface area contributed by atoms with E-state index in [0.29, 0.717) is 11.5 Å². The van der Waals surface area contributed by atoms with Gasteiger partial charge < -0.3 is 20.5 Å². The molecule has 1 saturated heterocycles. The van der Waals surface area contributed by atoms with Crippen molar-refractivity contribution in [1.82, 2.24) is 5.06 Å². The highest BCUT2D eigenvalue weighted by atomic mass is 16.6. The molecule has 0 spiro atoms. The molecule has 1 aliphatic rings. The Labute approximate surface area is 64.4 Å². The van der Waals surface area contributed by atoms with E-state index in [1.165, 1.54) is 0 Å². The molecule has 1 aliphatic heterocycles. The first kappa shape index (κ1) is 8.89. The van der Waals surface area contributed by atoms with Crippen LogP contribution in [0.4, 0.5) is 0 Å². The van der Waals surface area contributed by atoms with Gasteiger partial charge in [0.25, 0.3) is 0 Å². The second-order valence-electron chi connectivity index (χ2n) is 2.97. The molecule has 0 aliphatic carbocycles. The van der Waals surface area contributed by atoms with Crippen LogP contribution < -0.4 is 0 Å². The van der Waals surface area contributed by atoms with Crippen molar-refractivity contribution in [3.63, 3.8) is 0 Å². The number of hydrogen-bond donors (Lipinski definition) is 4. The lowest BCUT2D eigenvalue weighted by molar-refractivity contribution is -0.329. The van der Waals surface area contributed by atoms with Gasteiger partial charge in [-0.1, -0.05) is 6.92 Å². The maximum absolute atomic E-state index is 9.48. The van der Waals surface area contributed by atoms with Crippen LogP contribution in [-0.4, -0.2) is 44.1 Å². The number of aliphatic hydroxyl groups is 3. The van der Waals surface area contributed by atoms with Crippen LogP contribution in [0.2, 0.25) is 0 Å². The molecule has 1 rings (SSSR count). The van der Waals surface area contributed by atoms with Crippen molar-refractivity contribution in [1.29, 1.82) is 0 Å². The maximum Gasteiger partial charge on any atom is 0.197 e. The summed E-state index contributed by atoms with van der Waals surface area (Å²) in [5.41, 5.74) is -1.89. The highest BCUT2D eigenvalue weighted by molar-refractivity contribution is 4.88. The van der Waals surface area contributed by atoms with Crippen molar-refractivity contribution in [2.75, 3.05) is 6.54 Å². The quantitative estimate of drug-likeness (QED) is 0.362. The summed E-state index contributed by atoms with van der Waals surface area (Å²) in [4.78, 5) is 0. The Morgan fingerprint density at radius 1 is 1.55 bits per heavy atom. The van der Waals surface area contributed by atoms with Gasteiger partial charge in [0.15, 0.2) is 12.0 Å². The van der Waals surface area contributed by atoms with Crippen LogP contribution in [-0.2, 0) is 0 Å². The van der Waals surface area contributed by atoms with Crippen LogP contribution in [0.25, 0.3) is 0 Å². The Bertz CT molecular complexity index is 140. The summed E-state index contributed by atoms with van der Waals surface area (Å²) in [6.45, 7) is 1.91. The predicted octanol–water partition coefficient (Wildman–Crippen LogP) is -1.28. The summed E-state index contributed by atoms with van der Waals surface area (Å²) < 4.78 is 0. The number of hydroxylamine groups is 2. The van der Waals surface area contributed by atoms with E-state index in [-0.39, 0.29) is 12.5 Å². The molecule has 4 N–H and O–H groups in total. The lowest BCUT2D eigenvalue weighted by Crippen LogP contribution is -2.54. The van der Waals surface area contributed by atoms with Crippen LogP contribution in [0, 0.1) is 5.92 Å². The third-order valence-electron chi connectivity index (χ3n) is 2.29. The molecule has 0 aromatic carbocycles. The summed E-state index contributed by atoms with van der Waals surface area (Å²) >= 11 is 0. The van der Waals surface area contributed by atoms with Gasteiger partial charge in [-0.05, 0) is 6.42 Å². The fourth-order valence-corrected chi connectivity index (χ4v) is 1.35. The summed E-state index contributed by atoms with van der Waals surface area (Å²) in [6, 6.07) is 0. The first-order valence-corrected chi connectivity index (χ1v) is 3.54. The lowest BCUT2D eigenvalue weighted by Gasteiger charge is -2.33. The Hall–Kier alpha value is -0.200. The molecule has 11 heavy (non-hydrogen) atoms. The van der Waals surface area contributed by atoms with E-state index in [0.717, 1.165) is 0 Å². The first-order valence-electron chi connectivity index (χ1n) is 3.54. The van der Waals surface area contributed by atoms with Gasteiger partial charge >= 0.3 is 0 Å². The van der Waals surface area contributed by atoms with E-state index in [1.54, 1.807) is 6.92 Å². The van der Waals surface area contributed by atoms with Crippen LogP contribution in [0.1, 0.15) is 13.3 Å². The van der Waals surface area contributed by atoms with Gasteiger partial charge in [-0.15, -0.1) is 0 Å². The van der Waals surface area contributed by atoms with Crippen molar-refractivity contribution in [3.8, 4) is 0 Å². The van der Waals surface area contributed by atoms with Gasteiger partial charge in [0.1, 0.15) is 0 Å². The molecular weight excluding hydrogens is 150 g/mol. The Kier molecular flexibility index (Phi) is 2.17. The van der Waals surface area contributed by atoms with Crippen LogP contribution in [0.3, 0.4) is 0 Å². The smallest absolute Gasteiger partial charge is 0.197 e. The van der Waals surface area contributed by atoms with Gasteiger partial charge in [-0.2, -0.15) is 5.06 Å². The van der Waals surface area contributed by atoms with Crippen molar-refractivity contribution < 1.29 is 20.5 Å². The molecule has 0 aromatic heterocycles. The zero-order valence-electron chi connectivity index (χ0n) is 6.30. The fraction of sp³-hybridized carbons (Fsp3) is 1.00. The molecule has 2 unspecified atom stereocenters. The topological polar surface area (TPSA) is 84.2 Å². The van der Waals surface area contributed by atoms with E-state index < -0.39 is 12.0 Å². The van der Waals surface area contributed by atoms with Crippen LogP contribution in [0.5, 0.6) is 0 Å². The number of rotatable bonds is 1. The van der Waals surface area contributed by atoms with Gasteiger partial charge in [-0.3, -0.25) is 0 Å². The van der Waals surface area contributed by atoms with E-state index in [1.807, 2.05) is 0 Å². The van der Waals surface area contributed by atoms with Crippen LogP contribution in [0.15, 0.2) is 0 Å². The number of hydrogen-bond acceptors (Lipinski definition) is 5. The largest absolute Gasteiger partial charge is 0.369 e. The molecular formula is C6H13NO4. The normalized spacial score (nSPS) is 40.4. The fourth-order valence-electron chi connectivity index (χ4n) is 1.35. The molecule has 0 bridgehead atoms. The summed E-state index contributed by atoms with van der Waals surface area (Å²) in [5, 5.41) is 36.6. The molecule has 0 saturated carbocycles. The summed E-state index contributed by atoms with van der Waals surface area (Å²) in [5.74, 6) is -0.340. The Balaban J connectivity index is 2.80. The first-order chi connectivity index (χ1) is 4.99. The van der Waals surface area contributed by atoms with Crippen molar-refractivity contribution >= 4 is 0 Å².